The molecule has 0 amide bonds. The number of piperidine rings is 1. The van der Waals surface area contributed by atoms with E-state index >= 15 is 0 Å². The zero-order chi connectivity index (χ0) is 18.0. The van der Waals surface area contributed by atoms with Gasteiger partial charge in [0.1, 0.15) is 11.6 Å². The molecule has 0 aromatic heterocycles. The summed E-state index contributed by atoms with van der Waals surface area (Å²) in [4.78, 5) is 4.72. The van der Waals surface area contributed by atoms with Gasteiger partial charge in [-0.1, -0.05) is 6.07 Å². The van der Waals surface area contributed by atoms with Crippen LogP contribution < -0.4 is 0 Å². The van der Waals surface area contributed by atoms with Gasteiger partial charge in [-0.2, -0.15) is 0 Å². The van der Waals surface area contributed by atoms with Crippen LogP contribution in [0, 0.1) is 17.6 Å². The Morgan fingerprint density at radius 3 is 2.20 bits per heavy atom. The van der Waals surface area contributed by atoms with Crippen molar-refractivity contribution in [3.05, 3.63) is 35.4 Å². The second-order valence-corrected chi connectivity index (χ2v) is 7.77. The van der Waals surface area contributed by atoms with E-state index in [1.54, 1.807) is 0 Å². The minimum Gasteiger partial charge on any atom is -0.373 e. The summed E-state index contributed by atoms with van der Waals surface area (Å²) in [5.74, 6) is -0.219. The molecule has 2 aliphatic rings. The van der Waals surface area contributed by atoms with E-state index in [0.29, 0.717) is 18.1 Å². The molecule has 0 bridgehead atoms. The summed E-state index contributed by atoms with van der Waals surface area (Å²) in [7, 11) is 0. The second kappa shape index (κ2) is 8.11. The number of hydrogen-bond acceptors (Lipinski definition) is 3. The molecule has 3 nitrogen and oxygen atoms in total. The van der Waals surface area contributed by atoms with Gasteiger partial charge in [-0.15, -0.1) is 0 Å². The van der Waals surface area contributed by atoms with E-state index < -0.39 is 11.6 Å². The van der Waals surface area contributed by atoms with Crippen LogP contribution in [0.25, 0.3) is 0 Å². The fourth-order valence-corrected chi connectivity index (χ4v) is 4.41. The first-order valence-electron chi connectivity index (χ1n) is 9.49. The van der Waals surface area contributed by atoms with Crippen LogP contribution in [-0.4, -0.2) is 54.7 Å². The van der Waals surface area contributed by atoms with Crippen molar-refractivity contribution in [3.63, 3.8) is 0 Å². The molecule has 2 saturated heterocycles. The number of hydrogen-bond donors (Lipinski definition) is 0. The standard InChI is InChI=1S/C20H30F2N2O/c1-14-11-23(12-15(2)25-14)13-17-7-9-24(10-8-17)16(3)20-18(21)5-4-6-19(20)22/h4-6,14-17H,7-13H2,1-3H3. The van der Waals surface area contributed by atoms with E-state index in [2.05, 4.69) is 23.6 Å². The summed E-state index contributed by atoms with van der Waals surface area (Å²) in [6.45, 7) is 11.1. The molecular formula is C20H30F2N2O. The minimum absolute atomic E-state index is 0.205. The van der Waals surface area contributed by atoms with Crippen molar-refractivity contribution in [2.24, 2.45) is 5.92 Å². The Hall–Kier alpha value is -1.04. The molecule has 0 spiro atoms. The van der Waals surface area contributed by atoms with Gasteiger partial charge in [-0.25, -0.2) is 8.78 Å². The lowest BCUT2D eigenvalue weighted by Gasteiger charge is -2.40. The van der Waals surface area contributed by atoms with Gasteiger partial charge in [0.05, 0.1) is 12.2 Å². The largest absolute Gasteiger partial charge is 0.373 e. The summed E-state index contributed by atoms with van der Waals surface area (Å²) in [6, 6.07) is 3.91. The molecule has 25 heavy (non-hydrogen) atoms. The maximum absolute atomic E-state index is 14.0. The molecule has 0 aliphatic carbocycles. The van der Waals surface area contributed by atoms with Gasteiger partial charge < -0.3 is 4.74 Å². The first kappa shape index (κ1) is 18.7. The molecular weight excluding hydrogens is 322 g/mol. The van der Waals surface area contributed by atoms with Crippen LogP contribution in [0.2, 0.25) is 0 Å². The molecule has 3 unspecified atom stereocenters. The maximum atomic E-state index is 14.0. The molecule has 2 fully saturated rings. The first-order chi connectivity index (χ1) is 11.9. The average Bonchev–Trinajstić information content (AvgIpc) is 2.54. The Bertz CT molecular complexity index is 545. The van der Waals surface area contributed by atoms with E-state index in [0.717, 1.165) is 45.6 Å². The Labute approximate surface area is 149 Å². The van der Waals surface area contributed by atoms with E-state index in [1.807, 2.05) is 6.92 Å². The van der Waals surface area contributed by atoms with Crippen LogP contribution in [0.15, 0.2) is 18.2 Å². The number of likely N-dealkylation sites (tertiary alicyclic amines) is 1. The predicted molar refractivity (Wildman–Crippen MR) is 95.5 cm³/mol. The fraction of sp³-hybridized carbons (Fsp3) is 0.700. The van der Waals surface area contributed by atoms with Crippen molar-refractivity contribution in [1.29, 1.82) is 0 Å². The Morgan fingerprint density at radius 1 is 1.08 bits per heavy atom. The quantitative estimate of drug-likeness (QED) is 0.819. The van der Waals surface area contributed by atoms with Crippen molar-refractivity contribution >= 4 is 0 Å². The van der Waals surface area contributed by atoms with Crippen molar-refractivity contribution < 1.29 is 13.5 Å². The smallest absolute Gasteiger partial charge is 0.130 e. The van der Waals surface area contributed by atoms with Crippen molar-refractivity contribution in [2.75, 3.05) is 32.7 Å². The van der Waals surface area contributed by atoms with Gasteiger partial charge in [-0.05, 0) is 64.8 Å². The van der Waals surface area contributed by atoms with Crippen LogP contribution in [0.3, 0.4) is 0 Å². The van der Waals surface area contributed by atoms with Crippen LogP contribution in [0.4, 0.5) is 8.78 Å². The molecule has 0 radical (unpaired) electrons. The lowest BCUT2D eigenvalue weighted by Crippen LogP contribution is -2.48. The molecule has 0 N–H and O–H groups in total. The van der Waals surface area contributed by atoms with Gasteiger partial charge in [0.25, 0.3) is 0 Å². The number of rotatable bonds is 4. The second-order valence-electron chi connectivity index (χ2n) is 7.77. The Balaban J connectivity index is 1.53. The molecule has 1 aromatic rings. The lowest BCUT2D eigenvalue weighted by molar-refractivity contribution is -0.0734. The van der Waals surface area contributed by atoms with E-state index in [1.165, 1.54) is 18.2 Å². The van der Waals surface area contributed by atoms with Gasteiger partial charge in [-0.3, -0.25) is 9.80 Å². The predicted octanol–water partition coefficient (Wildman–Crippen LogP) is 3.85. The molecule has 2 aliphatic heterocycles. The highest BCUT2D eigenvalue weighted by Crippen LogP contribution is 2.30. The zero-order valence-electron chi connectivity index (χ0n) is 15.5. The Morgan fingerprint density at radius 2 is 1.64 bits per heavy atom. The summed E-state index contributed by atoms with van der Waals surface area (Å²) in [6.07, 6.45) is 2.77. The third-order valence-corrected chi connectivity index (χ3v) is 5.63. The zero-order valence-corrected chi connectivity index (χ0v) is 15.5. The van der Waals surface area contributed by atoms with E-state index in [4.69, 9.17) is 4.74 Å². The maximum Gasteiger partial charge on any atom is 0.130 e. The summed E-state index contributed by atoms with van der Waals surface area (Å²) < 4.78 is 33.9. The molecule has 1 aromatic carbocycles. The number of halogens is 2. The summed E-state index contributed by atoms with van der Waals surface area (Å²) >= 11 is 0. The highest BCUT2D eigenvalue weighted by Gasteiger charge is 2.29. The number of ether oxygens (including phenoxy) is 1. The van der Waals surface area contributed by atoms with Crippen LogP contribution in [0.1, 0.15) is 45.2 Å². The van der Waals surface area contributed by atoms with Crippen molar-refractivity contribution in [1.82, 2.24) is 9.80 Å². The van der Waals surface area contributed by atoms with Crippen molar-refractivity contribution in [2.45, 2.75) is 51.9 Å². The average molecular weight is 352 g/mol. The molecule has 3 rings (SSSR count). The highest BCUT2D eigenvalue weighted by molar-refractivity contribution is 5.23. The van der Waals surface area contributed by atoms with Gasteiger partial charge in [0, 0.05) is 31.2 Å². The molecule has 0 saturated carbocycles. The summed E-state index contributed by atoms with van der Waals surface area (Å²) in [5.41, 5.74) is 0.205. The number of morpholine rings is 1. The monoisotopic (exact) mass is 352 g/mol. The molecule has 3 atom stereocenters. The third kappa shape index (κ3) is 4.57. The van der Waals surface area contributed by atoms with E-state index in [9.17, 15) is 8.78 Å². The van der Waals surface area contributed by atoms with Crippen LogP contribution >= 0.6 is 0 Å². The highest BCUT2D eigenvalue weighted by atomic mass is 19.1. The number of benzene rings is 1. The Kier molecular flexibility index (Phi) is 6.08. The van der Waals surface area contributed by atoms with Crippen LogP contribution in [0.5, 0.6) is 0 Å². The van der Waals surface area contributed by atoms with Gasteiger partial charge >= 0.3 is 0 Å². The molecule has 140 valence electrons. The van der Waals surface area contributed by atoms with Gasteiger partial charge in [0.2, 0.25) is 0 Å². The lowest BCUT2D eigenvalue weighted by atomic mass is 9.93. The summed E-state index contributed by atoms with van der Waals surface area (Å²) in [5, 5.41) is 0. The molecule has 2 heterocycles. The molecule has 5 heteroatoms. The topological polar surface area (TPSA) is 15.7 Å². The minimum atomic E-state index is -0.439. The fourth-order valence-electron chi connectivity index (χ4n) is 4.41. The number of nitrogens with zero attached hydrogens (tertiary/aromatic N) is 2. The van der Waals surface area contributed by atoms with Crippen LogP contribution in [-0.2, 0) is 4.74 Å². The first-order valence-corrected chi connectivity index (χ1v) is 9.49. The van der Waals surface area contributed by atoms with E-state index in [-0.39, 0.29) is 11.6 Å². The SMILES string of the molecule is CC1CN(CC2CCN(C(C)c3c(F)cccc3F)CC2)CC(C)O1. The normalized spacial score (nSPS) is 28.2. The van der Waals surface area contributed by atoms with Gasteiger partial charge in [0.15, 0.2) is 0 Å². The third-order valence-electron chi connectivity index (χ3n) is 5.63. The van der Waals surface area contributed by atoms with Crippen molar-refractivity contribution in [3.8, 4) is 0 Å².